The highest BCUT2D eigenvalue weighted by molar-refractivity contribution is 7.98. The van der Waals surface area contributed by atoms with E-state index >= 15 is 0 Å². The average Bonchev–Trinajstić information content (AvgIpc) is 3.32. The predicted octanol–water partition coefficient (Wildman–Crippen LogP) is 6.88. The molecule has 192 valence electrons. The first-order valence-corrected chi connectivity index (χ1v) is 13.3. The molecule has 0 unspecified atom stereocenters. The van der Waals surface area contributed by atoms with Gasteiger partial charge in [0, 0.05) is 17.1 Å². The lowest BCUT2D eigenvalue weighted by Crippen LogP contribution is -2.32. The van der Waals surface area contributed by atoms with E-state index in [1.807, 2.05) is 66.1 Å². The second kappa shape index (κ2) is 12.0. The number of aryl methyl sites for hydroxylation is 1. The lowest BCUT2D eigenvalue weighted by molar-refractivity contribution is 0.249. The highest BCUT2D eigenvalue weighted by Crippen LogP contribution is 2.29. The highest BCUT2D eigenvalue weighted by Gasteiger charge is 2.21. The summed E-state index contributed by atoms with van der Waals surface area (Å²) in [5.74, 6) is 2.62. The maximum atomic E-state index is 12.8. The first-order valence-electron chi connectivity index (χ1n) is 12.3. The molecule has 1 heterocycles. The molecule has 0 fully saturated rings. The third kappa shape index (κ3) is 6.71. The topological polar surface area (TPSA) is 81.1 Å². The molecule has 0 spiro atoms. The van der Waals surface area contributed by atoms with Crippen molar-refractivity contribution >= 4 is 23.5 Å². The number of methoxy groups -OCH3 is 1. The van der Waals surface area contributed by atoms with Gasteiger partial charge in [-0.1, -0.05) is 67.6 Å². The zero-order chi connectivity index (χ0) is 26.4. The normalized spacial score (nSPS) is 11.8. The Labute approximate surface area is 222 Å². The molecule has 0 radical (unpaired) electrons. The molecule has 37 heavy (non-hydrogen) atoms. The van der Waals surface area contributed by atoms with Crippen LogP contribution in [0.25, 0.3) is 5.69 Å². The van der Waals surface area contributed by atoms with Crippen molar-refractivity contribution in [2.75, 3.05) is 12.4 Å². The molecule has 4 rings (SSSR count). The monoisotopic (exact) mass is 515 g/mol. The van der Waals surface area contributed by atoms with Crippen molar-refractivity contribution in [3.63, 3.8) is 0 Å². The zero-order valence-electron chi connectivity index (χ0n) is 21.9. The third-order valence-electron chi connectivity index (χ3n) is 6.02. The van der Waals surface area contributed by atoms with E-state index < -0.39 is 0 Å². The molecule has 4 aromatic rings. The Morgan fingerprint density at radius 1 is 1.00 bits per heavy atom. The smallest absolute Gasteiger partial charge is 0.319 e. The molecule has 8 heteroatoms. The first-order chi connectivity index (χ1) is 17.8. The Bertz CT molecular complexity index is 1330. The van der Waals surface area contributed by atoms with Crippen LogP contribution in [0.2, 0.25) is 0 Å². The largest absolute Gasteiger partial charge is 0.497 e. The van der Waals surface area contributed by atoms with Crippen LogP contribution in [0.15, 0.2) is 78.0 Å². The highest BCUT2D eigenvalue weighted by atomic mass is 32.2. The van der Waals surface area contributed by atoms with Crippen LogP contribution < -0.4 is 15.4 Å². The fourth-order valence-electron chi connectivity index (χ4n) is 3.88. The van der Waals surface area contributed by atoms with E-state index in [0.29, 0.717) is 17.5 Å². The van der Waals surface area contributed by atoms with Gasteiger partial charge in [-0.2, -0.15) is 0 Å². The van der Waals surface area contributed by atoms with Gasteiger partial charge in [0.1, 0.15) is 5.75 Å². The van der Waals surface area contributed by atoms with E-state index in [4.69, 9.17) is 4.74 Å². The number of hydrogen-bond donors (Lipinski definition) is 2. The van der Waals surface area contributed by atoms with E-state index in [1.165, 1.54) is 5.56 Å². The van der Waals surface area contributed by atoms with Crippen LogP contribution >= 0.6 is 11.8 Å². The SMILES string of the molecule is COc1cccc(CSc2nnc([C@H](C)NC(=O)Nc3ccc(C(C)C)cc3)n2-c2ccc(C)cc2)c1. The van der Waals surface area contributed by atoms with Crippen molar-refractivity contribution in [2.45, 2.75) is 50.6 Å². The van der Waals surface area contributed by atoms with Crippen molar-refractivity contribution in [3.8, 4) is 11.4 Å². The number of carbonyl (C=O) groups excluding carboxylic acids is 1. The maximum Gasteiger partial charge on any atom is 0.319 e. The Morgan fingerprint density at radius 2 is 1.73 bits per heavy atom. The summed E-state index contributed by atoms with van der Waals surface area (Å²) in [6.07, 6.45) is 0. The van der Waals surface area contributed by atoms with Gasteiger partial charge in [0.15, 0.2) is 11.0 Å². The van der Waals surface area contributed by atoms with E-state index in [0.717, 1.165) is 33.4 Å². The molecule has 7 nitrogen and oxygen atoms in total. The number of carbonyl (C=O) groups is 1. The van der Waals surface area contributed by atoms with Crippen molar-refractivity contribution in [1.82, 2.24) is 20.1 Å². The molecule has 0 saturated heterocycles. The molecular weight excluding hydrogens is 482 g/mol. The van der Waals surface area contributed by atoms with Gasteiger partial charge in [-0.15, -0.1) is 10.2 Å². The quantitative estimate of drug-likeness (QED) is 0.237. The summed E-state index contributed by atoms with van der Waals surface area (Å²) < 4.78 is 7.36. The molecule has 2 N–H and O–H groups in total. The molecule has 1 atom stereocenters. The molecule has 1 aromatic heterocycles. The maximum absolute atomic E-state index is 12.8. The molecule has 0 aliphatic heterocycles. The van der Waals surface area contributed by atoms with Gasteiger partial charge < -0.3 is 15.4 Å². The first kappa shape index (κ1) is 26.3. The van der Waals surface area contributed by atoms with Gasteiger partial charge in [-0.05, 0) is 67.3 Å². The molecular formula is C29H33N5O2S. The summed E-state index contributed by atoms with van der Waals surface area (Å²) >= 11 is 1.59. The summed E-state index contributed by atoms with van der Waals surface area (Å²) in [5.41, 5.74) is 5.20. The standard InChI is InChI=1S/C29H33N5O2S/c1-19(2)23-11-13-24(14-12-23)31-28(35)30-21(4)27-32-33-29(34(27)25-15-9-20(3)10-16-25)37-18-22-7-6-8-26(17-22)36-5/h6-17,19,21H,18H2,1-5H3,(H2,30,31,35)/t21-/m0/s1. The van der Waals surface area contributed by atoms with Crippen molar-refractivity contribution < 1.29 is 9.53 Å². The molecule has 3 aromatic carbocycles. The molecule has 0 aliphatic rings. The van der Waals surface area contributed by atoms with Crippen molar-refractivity contribution in [3.05, 3.63) is 95.3 Å². The number of rotatable bonds is 9. The Balaban J connectivity index is 1.53. The van der Waals surface area contributed by atoms with Crippen LogP contribution in [0, 0.1) is 6.92 Å². The van der Waals surface area contributed by atoms with Crippen LogP contribution in [0.4, 0.5) is 10.5 Å². The van der Waals surface area contributed by atoms with Crippen molar-refractivity contribution in [2.24, 2.45) is 0 Å². The van der Waals surface area contributed by atoms with Crippen molar-refractivity contribution in [1.29, 1.82) is 0 Å². The summed E-state index contributed by atoms with van der Waals surface area (Å²) in [4.78, 5) is 12.8. The summed E-state index contributed by atoms with van der Waals surface area (Å²) in [6, 6.07) is 23.4. The van der Waals surface area contributed by atoms with Crippen LogP contribution in [0.1, 0.15) is 55.2 Å². The third-order valence-corrected chi connectivity index (χ3v) is 7.02. The minimum absolute atomic E-state index is 0.297. The van der Waals surface area contributed by atoms with Crippen LogP contribution in [-0.2, 0) is 5.75 Å². The number of ether oxygens (including phenoxy) is 1. The summed E-state index contributed by atoms with van der Waals surface area (Å²) in [7, 11) is 1.66. The van der Waals surface area contributed by atoms with Gasteiger partial charge in [0.25, 0.3) is 0 Å². The number of benzene rings is 3. The molecule has 0 bridgehead atoms. The minimum Gasteiger partial charge on any atom is -0.497 e. The number of nitrogens with zero attached hydrogens (tertiary/aromatic N) is 3. The number of hydrogen-bond acceptors (Lipinski definition) is 5. The average molecular weight is 516 g/mol. The lowest BCUT2D eigenvalue weighted by atomic mass is 10.0. The number of nitrogens with one attached hydrogen (secondary N) is 2. The summed E-state index contributed by atoms with van der Waals surface area (Å²) in [6.45, 7) is 8.25. The number of thioether (sulfide) groups is 1. The fraction of sp³-hybridized carbons (Fsp3) is 0.276. The predicted molar refractivity (Wildman–Crippen MR) is 150 cm³/mol. The van der Waals surface area contributed by atoms with E-state index in [9.17, 15) is 4.79 Å². The minimum atomic E-state index is -0.380. The van der Waals surface area contributed by atoms with Gasteiger partial charge in [-0.3, -0.25) is 4.57 Å². The van der Waals surface area contributed by atoms with E-state index in [-0.39, 0.29) is 12.1 Å². The second-order valence-electron chi connectivity index (χ2n) is 9.25. The van der Waals surface area contributed by atoms with Gasteiger partial charge in [0.2, 0.25) is 0 Å². The van der Waals surface area contributed by atoms with E-state index in [1.54, 1.807) is 18.9 Å². The molecule has 0 aliphatic carbocycles. The van der Waals surface area contributed by atoms with Crippen LogP contribution in [0.5, 0.6) is 5.75 Å². The zero-order valence-corrected chi connectivity index (χ0v) is 22.7. The second-order valence-corrected chi connectivity index (χ2v) is 10.2. The molecule has 2 amide bonds. The number of anilines is 1. The van der Waals surface area contributed by atoms with E-state index in [2.05, 4.69) is 59.8 Å². The number of aromatic nitrogens is 3. The number of urea groups is 1. The Hall–Kier alpha value is -3.78. The van der Waals surface area contributed by atoms with Gasteiger partial charge >= 0.3 is 6.03 Å². The van der Waals surface area contributed by atoms with Gasteiger partial charge in [0.05, 0.1) is 13.2 Å². The Morgan fingerprint density at radius 3 is 2.41 bits per heavy atom. The molecule has 0 saturated carbocycles. The number of amides is 2. The summed E-state index contributed by atoms with van der Waals surface area (Å²) in [5, 5.41) is 15.6. The van der Waals surface area contributed by atoms with Gasteiger partial charge in [-0.25, -0.2) is 4.79 Å². The fourth-order valence-corrected chi connectivity index (χ4v) is 4.78. The Kier molecular flexibility index (Phi) is 8.50. The van der Waals surface area contributed by atoms with Crippen LogP contribution in [-0.4, -0.2) is 27.9 Å². The van der Waals surface area contributed by atoms with Crippen LogP contribution in [0.3, 0.4) is 0 Å². The lowest BCUT2D eigenvalue weighted by Gasteiger charge is -2.17.